The summed E-state index contributed by atoms with van der Waals surface area (Å²) in [6.07, 6.45) is 0. The van der Waals surface area contributed by atoms with Crippen LogP contribution in [0.1, 0.15) is 20.8 Å². The van der Waals surface area contributed by atoms with Crippen molar-refractivity contribution in [1.82, 2.24) is 4.90 Å². The van der Waals surface area contributed by atoms with Crippen molar-refractivity contribution in [2.75, 3.05) is 19.6 Å². The minimum Gasteiger partial charge on any atom is -0.507 e. The normalized spacial score (nSPS) is 10.2. The summed E-state index contributed by atoms with van der Waals surface area (Å²) in [5.41, 5.74) is 0. The molecule has 0 aromatic heterocycles. The Morgan fingerprint density at radius 3 is 1.76 bits per heavy atom. The summed E-state index contributed by atoms with van der Waals surface area (Å²) >= 11 is 0. The molecule has 9 heteroatoms. The average Bonchev–Trinajstić information content (AvgIpc) is 2.44. The van der Waals surface area contributed by atoms with Crippen LogP contribution in [0.15, 0.2) is 6.07 Å². The van der Waals surface area contributed by atoms with Gasteiger partial charge in [0.05, 0.1) is 0 Å². The van der Waals surface area contributed by atoms with Gasteiger partial charge in [0.15, 0.2) is 23.2 Å². The summed E-state index contributed by atoms with van der Waals surface area (Å²) in [5, 5.41) is 16.4. The second-order valence-corrected chi connectivity index (χ2v) is 3.86. The van der Waals surface area contributed by atoms with Crippen LogP contribution in [-0.4, -0.2) is 41.9 Å². The lowest BCUT2D eigenvalue weighted by molar-refractivity contribution is 0.269. The fourth-order valence-electron chi connectivity index (χ4n) is 1.43. The molecule has 0 radical (unpaired) electrons. The molecule has 0 atom stereocenters. The van der Waals surface area contributed by atoms with E-state index in [0.29, 0.717) is 0 Å². The first-order valence-corrected chi connectivity index (χ1v) is 6.36. The highest BCUT2D eigenvalue weighted by atomic mass is 19.2. The number of halogens is 4. The molecule has 4 nitrogen and oxygen atoms in total. The van der Waals surface area contributed by atoms with Gasteiger partial charge in [-0.25, -0.2) is 13.2 Å². The molecule has 0 aliphatic carbocycles. The fraction of sp³-hybridized carbons (Fsp3) is 0.500. The smallest absolute Gasteiger partial charge is 0.507 e. The van der Waals surface area contributed by atoms with Crippen LogP contribution in [0.3, 0.4) is 0 Å². The topological polar surface area (TPSA) is 52.9 Å². The molecule has 1 rings (SSSR count). The first-order chi connectivity index (χ1) is 9.78. The van der Waals surface area contributed by atoms with Gasteiger partial charge in [-0.1, -0.05) is 20.8 Å². The van der Waals surface area contributed by atoms with Crippen molar-refractivity contribution < 1.29 is 32.3 Å². The SMILES string of the molecule is CCN(CC)CC.OB(O)Oc1c(F)cc(F)c(F)c1F. The zero-order valence-corrected chi connectivity index (χ0v) is 12.0. The largest absolute Gasteiger partial charge is 0.707 e. The molecule has 0 saturated heterocycles. The summed E-state index contributed by atoms with van der Waals surface area (Å²) < 4.78 is 53.9. The van der Waals surface area contributed by atoms with Crippen LogP contribution >= 0.6 is 0 Å². The van der Waals surface area contributed by atoms with Gasteiger partial charge >= 0.3 is 7.32 Å². The zero-order chi connectivity index (χ0) is 16.6. The molecule has 0 fully saturated rings. The van der Waals surface area contributed by atoms with Crippen LogP contribution in [0, 0.1) is 23.3 Å². The van der Waals surface area contributed by atoms with Gasteiger partial charge in [-0.15, -0.1) is 0 Å². The van der Waals surface area contributed by atoms with E-state index in [4.69, 9.17) is 10.0 Å². The molecule has 21 heavy (non-hydrogen) atoms. The quantitative estimate of drug-likeness (QED) is 0.378. The van der Waals surface area contributed by atoms with Gasteiger partial charge in [0, 0.05) is 6.07 Å². The lowest BCUT2D eigenvalue weighted by Gasteiger charge is -2.13. The first kappa shape index (κ1) is 19.7. The number of benzene rings is 1. The Balaban J connectivity index is 0.000000486. The van der Waals surface area contributed by atoms with Crippen molar-refractivity contribution in [3.05, 3.63) is 29.3 Å². The van der Waals surface area contributed by atoms with Gasteiger partial charge in [-0.05, 0) is 19.6 Å². The molecule has 1 aromatic rings. The highest BCUT2D eigenvalue weighted by Gasteiger charge is 2.24. The Morgan fingerprint density at radius 2 is 1.43 bits per heavy atom. The first-order valence-electron chi connectivity index (χ1n) is 6.36. The maximum Gasteiger partial charge on any atom is 0.707 e. The van der Waals surface area contributed by atoms with Gasteiger partial charge in [0.2, 0.25) is 5.82 Å². The van der Waals surface area contributed by atoms with E-state index >= 15 is 0 Å². The molecular weight excluding hydrogens is 293 g/mol. The van der Waals surface area contributed by atoms with E-state index in [1.165, 1.54) is 19.6 Å². The predicted octanol–water partition coefficient (Wildman–Crippen LogP) is 1.94. The van der Waals surface area contributed by atoms with Crippen molar-refractivity contribution in [2.24, 2.45) is 0 Å². The Kier molecular flexibility index (Phi) is 8.99. The van der Waals surface area contributed by atoms with Crippen LogP contribution < -0.4 is 4.65 Å². The molecule has 120 valence electrons. The van der Waals surface area contributed by atoms with E-state index in [2.05, 4.69) is 30.3 Å². The molecule has 0 saturated carbocycles. The third-order valence-corrected chi connectivity index (χ3v) is 2.64. The van der Waals surface area contributed by atoms with E-state index in [0.717, 1.165) is 0 Å². The molecule has 0 aliphatic rings. The van der Waals surface area contributed by atoms with Gasteiger partial charge in [-0.3, -0.25) is 0 Å². The highest BCUT2D eigenvalue weighted by Crippen LogP contribution is 2.25. The van der Waals surface area contributed by atoms with Crippen LogP contribution in [0.25, 0.3) is 0 Å². The monoisotopic (exact) mass is 311 g/mol. The number of nitrogens with zero attached hydrogens (tertiary/aromatic N) is 1. The van der Waals surface area contributed by atoms with E-state index in [-0.39, 0.29) is 6.07 Å². The van der Waals surface area contributed by atoms with E-state index in [1.54, 1.807) is 0 Å². The van der Waals surface area contributed by atoms with Crippen LogP contribution in [0.4, 0.5) is 17.6 Å². The Morgan fingerprint density at radius 1 is 0.952 bits per heavy atom. The van der Waals surface area contributed by atoms with Gasteiger partial charge in [-0.2, -0.15) is 4.39 Å². The summed E-state index contributed by atoms with van der Waals surface area (Å²) in [7, 11) is -2.52. The van der Waals surface area contributed by atoms with Crippen molar-refractivity contribution >= 4 is 7.32 Å². The van der Waals surface area contributed by atoms with Crippen LogP contribution in [0.5, 0.6) is 5.75 Å². The zero-order valence-electron chi connectivity index (χ0n) is 12.0. The lowest BCUT2D eigenvalue weighted by Crippen LogP contribution is -2.22. The van der Waals surface area contributed by atoms with Crippen LogP contribution in [0.2, 0.25) is 0 Å². The minimum absolute atomic E-state index is 0.0239. The standard InChI is InChI=1S/C6H3BF4O3.C6H15N/c8-2-1-3(9)6(14-7(12)13)5(11)4(2)10;1-4-7(5-2)6-3/h1,12-13H;4-6H2,1-3H3. The molecule has 2 N–H and O–H groups in total. The maximum absolute atomic E-state index is 12.7. The summed E-state index contributed by atoms with van der Waals surface area (Å²) in [6, 6.07) is 0.0239. The third kappa shape index (κ3) is 6.32. The van der Waals surface area contributed by atoms with E-state index < -0.39 is 36.3 Å². The van der Waals surface area contributed by atoms with Crippen LogP contribution in [-0.2, 0) is 0 Å². The van der Waals surface area contributed by atoms with Gasteiger partial charge in [0.1, 0.15) is 0 Å². The second-order valence-electron chi connectivity index (χ2n) is 3.86. The molecule has 0 unspecified atom stereocenters. The highest BCUT2D eigenvalue weighted by molar-refractivity contribution is 6.33. The van der Waals surface area contributed by atoms with Crippen molar-refractivity contribution in [1.29, 1.82) is 0 Å². The van der Waals surface area contributed by atoms with E-state index in [1.807, 2.05) is 0 Å². The summed E-state index contributed by atoms with van der Waals surface area (Å²) in [5.74, 6) is -8.62. The van der Waals surface area contributed by atoms with Gasteiger partial charge < -0.3 is 19.6 Å². The molecular formula is C12H18BF4NO3. The molecule has 0 aliphatic heterocycles. The summed E-state index contributed by atoms with van der Waals surface area (Å²) in [6.45, 7) is 10.1. The third-order valence-electron chi connectivity index (χ3n) is 2.64. The Bertz CT molecular complexity index is 439. The molecule has 0 bridgehead atoms. The summed E-state index contributed by atoms with van der Waals surface area (Å²) in [4.78, 5) is 2.38. The van der Waals surface area contributed by atoms with Crippen molar-refractivity contribution in [3.63, 3.8) is 0 Å². The minimum atomic E-state index is -2.52. The fourth-order valence-corrected chi connectivity index (χ4v) is 1.43. The molecule has 0 amide bonds. The van der Waals surface area contributed by atoms with Crippen molar-refractivity contribution in [3.8, 4) is 5.75 Å². The van der Waals surface area contributed by atoms with E-state index in [9.17, 15) is 17.6 Å². The maximum atomic E-state index is 12.7. The van der Waals surface area contributed by atoms with Crippen molar-refractivity contribution in [2.45, 2.75) is 20.8 Å². The second kappa shape index (κ2) is 9.59. The molecule has 0 heterocycles. The number of hydrogen-bond donors (Lipinski definition) is 2. The Hall–Kier alpha value is -1.32. The average molecular weight is 311 g/mol. The Labute approximate surface area is 121 Å². The lowest BCUT2D eigenvalue weighted by atomic mass is 10.2. The predicted molar refractivity (Wildman–Crippen MR) is 70.6 cm³/mol. The number of rotatable bonds is 5. The molecule has 0 spiro atoms. The van der Waals surface area contributed by atoms with Gasteiger partial charge in [0.25, 0.3) is 0 Å². The number of hydrogen-bond acceptors (Lipinski definition) is 4. The molecule has 1 aromatic carbocycles.